The molecule has 1 atom stereocenters. The zero-order chi connectivity index (χ0) is 7.68. The summed E-state index contributed by atoms with van der Waals surface area (Å²) in [6, 6.07) is 0. The largest absolute Gasteiger partial charge is 0.508 e. The van der Waals surface area contributed by atoms with E-state index in [4.69, 9.17) is 0 Å². The SMILES string of the molecule is OC1=CCC2CC=CCC2=C1. The molecule has 2 aliphatic carbocycles. The molecule has 1 unspecified atom stereocenters. The molecule has 0 aromatic carbocycles. The van der Waals surface area contributed by atoms with Crippen LogP contribution >= 0.6 is 0 Å². The quantitative estimate of drug-likeness (QED) is 0.524. The Morgan fingerprint density at radius 3 is 3.09 bits per heavy atom. The fourth-order valence-electron chi connectivity index (χ4n) is 1.73. The highest BCUT2D eigenvalue weighted by molar-refractivity contribution is 5.29. The smallest absolute Gasteiger partial charge is 0.111 e. The van der Waals surface area contributed by atoms with Crippen LogP contribution in [-0.2, 0) is 0 Å². The highest BCUT2D eigenvalue weighted by atomic mass is 16.3. The van der Waals surface area contributed by atoms with E-state index in [2.05, 4.69) is 12.2 Å². The summed E-state index contributed by atoms with van der Waals surface area (Å²) in [7, 11) is 0. The van der Waals surface area contributed by atoms with E-state index < -0.39 is 0 Å². The predicted molar refractivity (Wildman–Crippen MR) is 45.3 cm³/mol. The third-order valence-corrected chi connectivity index (χ3v) is 2.41. The third-order valence-electron chi connectivity index (χ3n) is 2.41. The molecule has 0 aromatic heterocycles. The summed E-state index contributed by atoms with van der Waals surface area (Å²) in [5.41, 5.74) is 1.40. The monoisotopic (exact) mass is 148 g/mol. The number of hydrogen-bond donors (Lipinski definition) is 1. The van der Waals surface area contributed by atoms with Crippen molar-refractivity contribution in [2.24, 2.45) is 5.92 Å². The summed E-state index contributed by atoms with van der Waals surface area (Å²) in [6.45, 7) is 0. The Morgan fingerprint density at radius 2 is 2.18 bits per heavy atom. The standard InChI is InChI=1S/C10H12O/c11-10-6-5-8-3-1-2-4-9(8)7-10/h1-2,6-8,11H,3-5H2. The van der Waals surface area contributed by atoms with Gasteiger partial charge in [-0.05, 0) is 37.3 Å². The minimum Gasteiger partial charge on any atom is -0.508 e. The van der Waals surface area contributed by atoms with Crippen LogP contribution in [0, 0.1) is 5.92 Å². The Bertz CT molecular complexity index is 246. The van der Waals surface area contributed by atoms with E-state index >= 15 is 0 Å². The lowest BCUT2D eigenvalue weighted by atomic mass is 9.83. The molecule has 0 fully saturated rings. The molecule has 1 N–H and O–H groups in total. The van der Waals surface area contributed by atoms with Crippen LogP contribution in [0.5, 0.6) is 0 Å². The summed E-state index contributed by atoms with van der Waals surface area (Å²) in [5.74, 6) is 1.13. The number of aliphatic hydroxyl groups is 1. The first-order valence-electron chi connectivity index (χ1n) is 4.11. The van der Waals surface area contributed by atoms with Crippen molar-refractivity contribution >= 4 is 0 Å². The van der Waals surface area contributed by atoms with E-state index in [0.717, 1.165) is 19.3 Å². The molecule has 1 nitrogen and oxygen atoms in total. The third kappa shape index (κ3) is 1.23. The van der Waals surface area contributed by atoms with Gasteiger partial charge in [-0.25, -0.2) is 0 Å². The highest BCUT2D eigenvalue weighted by Crippen LogP contribution is 2.31. The number of fused-ring (bicyclic) bond motifs is 1. The molecule has 0 bridgehead atoms. The van der Waals surface area contributed by atoms with Crippen molar-refractivity contribution in [3.05, 3.63) is 35.6 Å². The maximum atomic E-state index is 9.21. The zero-order valence-corrected chi connectivity index (χ0v) is 6.46. The minimum atomic E-state index is 0.451. The average Bonchev–Trinajstić information content (AvgIpc) is 2.04. The Kier molecular flexibility index (Phi) is 1.57. The maximum absolute atomic E-state index is 9.21. The van der Waals surface area contributed by atoms with Crippen LogP contribution in [-0.4, -0.2) is 5.11 Å². The van der Waals surface area contributed by atoms with Crippen molar-refractivity contribution in [2.45, 2.75) is 19.3 Å². The molecule has 1 heteroatoms. The molecule has 0 saturated carbocycles. The number of hydrogen-bond acceptors (Lipinski definition) is 1. The van der Waals surface area contributed by atoms with Crippen molar-refractivity contribution in [1.82, 2.24) is 0 Å². The minimum absolute atomic E-state index is 0.451. The van der Waals surface area contributed by atoms with Gasteiger partial charge in [0.15, 0.2) is 0 Å². The summed E-state index contributed by atoms with van der Waals surface area (Å²) in [4.78, 5) is 0. The maximum Gasteiger partial charge on any atom is 0.111 e. The van der Waals surface area contributed by atoms with Gasteiger partial charge in [-0.2, -0.15) is 0 Å². The fourth-order valence-corrected chi connectivity index (χ4v) is 1.73. The van der Waals surface area contributed by atoms with Crippen LogP contribution in [0.4, 0.5) is 0 Å². The molecule has 0 radical (unpaired) electrons. The molecule has 58 valence electrons. The normalized spacial score (nSPS) is 28.9. The first-order valence-corrected chi connectivity index (χ1v) is 4.11. The van der Waals surface area contributed by atoms with E-state index in [1.807, 2.05) is 12.2 Å². The molecule has 0 aromatic rings. The summed E-state index contributed by atoms with van der Waals surface area (Å²) in [5, 5.41) is 9.21. The molecule has 0 aliphatic heterocycles. The number of allylic oxidation sites excluding steroid dienone is 5. The van der Waals surface area contributed by atoms with Crippen LogP contribution in [0.2, 0.25) is 0 Å². The summed E-state index contributed by atoms with van der Waals surface area (Å²) in [6.07, 6.45) is 11.4. The second kappa shape index (κ2) is 2.57. The first kappa shape index (κ1) is 6.71. The van der Waals surface area contributed by atoms with Gasteiger partial charge in [0.2, 0.25) is 0 Å². The lowest BCUT2D eigenvalue weighted by Crippen LogP contribution is -2.09. The second-order valence-corrected chi connectivity index (χ2v) is 3.19. The molecular formula is C10H12O. The molecule has 0 heterocycles. The summed E-state index contributed by atoms with van der Waals surface area (Å²) < 4.78 is 0. The Morgan fingerprint density at radius 1 is 1.27 bits per heavy atom. The molecular weight excluding hydrogens is 136 g/mol. The van der Waals surface area contributed by atoms with Gasteiger partial charge < -0.3 is 5.11 Å². The van der Waals surface area contributed by atoms with Crippen molar-refractivity contribution in [3.8, 4) is 0 Å². The van der Waals surface area contributed by atoms with Crippen LogP contribution in [0.1, 0.15) is 19.3 Å². The fraction of sp³-hybridized carbons (Fsp3) is 0.400. The van der Waals surface area contributed by atoms with Gasteiger partial charge in [-0.1, -0.05) is 17.7 Å². The van der Waals surface area contributed by atoms with Crippen LogP contribution in [0.25, 0.3) is 0 Å². The van der Waals surface area contributed by atoms with E-state index in [1.54, 1.807) is 0 Å². The Balaban J connectivity index is 2.25. The van der Waals surface area contributed by atoms with Gasteiger partial charge in [0.1, 0.15) is 5.76 Å². The molecule has 2 rings (SSSR count). The van der Waals surface area contributed by atoms with Gasteiger partial charge in [-0.3, -0.25) is 0 Å². The van der Waals surface area contributed by atoms with Gasteiger partial charge in [0, 0.05) is 0 Å². The molecule has 0 saturated heterocycles. The Hall–Kier alpha value is -0.980. The lowest BCUT2D eigenvalue weighted by Gasteiger charge is -2.23. The van der Waals surface area contributed by atoms with Crippen LogP contribution in [0.3, 0.4) is 0 Å². The van der Waals surface area contributed by atoms with Crippen molar-refractivity contribution in [1.29, 1.82) is 0 Å². The number of rotatable bonds is 0. The average molecular weight is 148 g/mol. The van der Waals surface area contributed by atoms with Gasteiger partial charge in [0.25, 0.3) is 0 Å². The Labute approximate surface area is 66.7 Å². The van der Waals surface area contributed by atoms with Gasteiger partial charge in [0.05, 0.1) is 0 Å². The van der Waals surface area contributed by atoms with E-state index in [9.17, 15) is 5.11 Å². The molecule has 11 heavy (non-hydrogen) atoms. The molecule has 0 spiro atoms. The first-order chi connectivity index (χ1) is 5.36. The molecule has 2 aliphatic rings. The van der Waals surface area contributed by atoms with E-state index in [1.165, 1.54) is 5.57 Å². The topological polar surface area (TPSA) is 20.2 Å². The van der Waals surface area contributed by atoms with Crippen molar-refractivity contribution in [3.63, 3.8) is 0 Å². The van der Waals surface area contributed by atoms with Crippen molar-refractivity contribution < 1.29 is 5.11 Å². The predicted octanol–water partition coefficient (Wildman–Crippen LogP) is 2.72. The van der Waals surface area contributed by atoms with Crippen LogP contribution in [0.15, 0.2) is 35.6 Å². The summed E-state index contributed by atoms with van der Waals surface area (Å²) >= 11 is 0. The van der Waals surface area contributed by atoms with Gasteiger partial charge >= 0.3 is 0 Å². The second-order valence-electron chi connectivity index (χ2n) is 3.19. The highest BCUT2D eigenvalue weighted by Gasteiger charge is 2.17. The zero-order valence-electron chi connectivity index (χ0n) is 6.46. The number of aliphatic hydroxyl groups excluding tert-OH is 1. The van der Waals surface area contributed by atoms with E-state index in [0.29, 0.717) is 11.7 Å². The van der Waals surface area contributed by atoms with Crippen LogP contribution < -0.4 is 0 Å². The molecule has 0 amide bonds. The van der Waals surface area contributed by atoms with Gasteiger partial charge in [-0.15, -0.1) is 0 Å². The van der Waals surface area contributed by atoms with Crippen molar-refractivity contribution in [2.75, 3.05) is 0 Å². The lowest BCUT2D eigenvalue weighted by molar-refractivity contribution is 0.415. The van der Waals surface area contributed by atoms with E-state index in [-0.39, 0.29) is 0 Å².